The third kappa shape index (κ3) is 5.06. The Morgan fingerprint density at radius 1 is 1.11 bits per heavy atom. The average molecular weight is 413 g/mol. The molecule has 1 aromatic rings. The summed E-state index contributed by atoms with van der Waals surface area (Å²) in [7, 11) is 1.39. The lowest BCUT2D eigenvalue weighted by Crippen LogP contribution is -2.59. The Labute approximate surface area is 169 Å². The van der Waals surface area contributed by atoms with Crippen LogP contribution >= 0.6 is 23.2 Å². The predicted octanol–water partition coefficient (Wildman–Crippen LogP) is 2.91. The molecular formula is C19H25Cl2N3O3. The number of carbonyl (C=O) groups excluding carboxylic acids is 2. The summed E-state index contributed by atoms with van der Waals surface area (Å²) in [5.41, 5.74) is 0.838. The summed E-state index contributed by atoms with van der Waals surface area (Å²) in [6, 6.07) is 5.24. The Morgan fingerprint density at radius 2 is 1.85 bits per heavy atom. The van der Waals surface area contributed by atoms with Crippen LogP contribution in [0.15, 0.2) is 18.2 Å². The van der Waals surface area contributed by atoms with Crippen LogP contribution in [0, 0.1) is 0 Å². The Kier molecular flexibility index (Phi) is 6.84. The summed E-state index contributed by atoms with van der Waals surface area (Å²) in [6.07, 6.45) is 2.30. The fourth-order valence-corrected chi connectivity index (χ4v) is 4.14. The van der Waals surface area contributed by atoms with E-state index in [9.17, 15) is 9.59 Å². The van der Waals surface area contributed by atoms with Gasteiger partial charge in [0.15, 0.2) is 0 Å². The normalized spacial score (nSPS) is 20.8. The van der Waals surface area contributed by atoms with Gasteiger partial charge in [0.2, 0.25) is 5.91 Å². The van der Waals surface area contributed by atoms with Crippen LogP contribution in [0.4, 0.5) is 4.79 Å². The number of nitrogens with zero attached hydrogens (tertiary/aromatic N) is 3. The molecule has 1 atom stereocenters. The minimum Gasteiger partial charge on any atom is -0.453 e. The van der Waals surface area contributed by atoms with E-state index in [0.717, 1.165) is 25.2 Å². The zero-order valence-electron chi connectivity index (χ0n) is 15.5. The number of likely N-dealkylation sites (tertiary alicyclic amines) is 1. The van der Waals surface area contributed by atoms with Gasteiger partial charge in [0.05, 0.1) is 29.6 Å². The van der Waals surface area contributed by atoms with Crippen LogP contribution in [-0.2, 0) is 16.0 Å². The summed E-state index contributed by atoms with van der Waals surface area (Å²) in [5, 5.41) is 0.928. The standard InChI is InChI=1S/C19H25Cl2N3O3/c1-27-19(26)23-8-9-24(15(13-23)12-22-6-2-3-7-22)18(25)11-14-4-5-16(20)17(21)10-14/h4-5,10,15H,2-3,6-9,11-13H2,1H3/t15-/m1/s1/i1-1. The van der Waals surface area contributed by atoms with Gasteiger partial charge in [0.1, 0.15) is 0 Å². The molecule has 2 amide bonds. The molecule has 2 aliphatic heterocycles. The summed E-state index contributed by atoms with van der Waals surface area (Å²) in [4.78, 5) is 30.9. The van der Waals surface area contributed by atoms with Crippen molar-refractivity contribution in [2.75, 3.05) is 46.4 Å². The van der Waals surface area contributed by atoms with Crippen LogP contribution in [0.5, 0.6) is 0 Å². The summed E-state index contributed by atoms with van der Waals surface area (Å²) in [5.74, 6) is 0.0436. The lowest BCUT2D eigenvalue weighted by molar-refractivity contribution is -0.135. The minimum atomic E-state index is -0.335. The highest BCUT2D eigenvalue weighted by molar-refractivity contribution is 6.42. The Morgan fingerprint density at radius 3 is 2.52 bits per heavy atom. The Hall–Kier alpha value is -1.50. The van der Waals surface area contributed by atoms with E-state index in [0.29, 0.717) is 29.7 Å². The van der Waals surface area contributed by atoms with Crippen LogP contribution < -0.4 is 0 Å². The van der Waals surface area contributed by atoms with Crippen molar-refractivity contribution in [3.05, 3.63) is 33.8 Å². The van der Waals surface area contributed by atoms with E-state index in [-0.39, 0.29) is 24.5 Å². The highest BCUT2D eigenvalue weighted by Gasteiger charge is 2.34. The highest BCUT2D eigenvalue weighted by atomic mass is 35.5. The monoisotopic (exact) mass is 412 g/mol. The molecule has 0 saturated carbocycles. The van der Waals surface area contributed by atoms with E-state index in [1.165, 1.54) is 20.0 Å². The lowest BCUT2D eigenvalue weighted by Gasteiger charge is -2.42. The van der Waals surface area contributed by atoms with Crippen LogP contribution in [0.1, 0.15) is 18.4 Å². The second kappa shape index (κ2) is 9.13. The number of benzene rings is 1. The number of ether oxygens (including phenoxy) is 1. The first kappa shape index (κ1) is 20.2. The van der Waals surface area contributed by atoms with Gasteiger partial charge >= 0.3 is 6.09 Å². The van der Waals surface area contributed by atoms with E-state index in [1.807, 2.05) is 11.0 Å². The molecule has 0 radical (unpaired) electrons. The molecule has 2 heterocycles. The molecule has 0 spiro atoms. The number of carbonyl (C=O) groups is 2. The first-order valence-corrected chi connectivity index (χ1v) is 10.0. The average Bonchev–Trinajstić information content (AvgIpc) is 3.17. The van der Waals surface area contributed by atoms with E-state index >= 15 is 0 Å². The van der Waals surface area contributed by atoms with Gasteiger partial charge in [0, 0.05) is 26.2 Å². The van der Waals surface area contributed by atoms with E-state index < -0.39 is 0 Å². The molecule has 3 rings (SSSR count). The third-order valence-electron chi connectivity index (χ3n) is 5.24. The Bertz CT molecular complexity index is 695. The van der Waals surface area contributed by atoms with Crippen LogP contribution in [0.3, 0.4) is 0 Å². The molecule has 0 unspecified atom stereocenters. The molecule has 0 bridgehead atoms. The van der Waals surface area contributed by atoms with Crippen molar-refractivity contribution in [3.63, 3.8) is 0 Å². The summed E-state index contributed by atoms with van der Waals surface area (Å²) < 4.78 is 4.87. The number of rotatable bonds is 4. The van der Waals surface area contributed by atoms with Crippen molar-refractivity contribution in [1.82, 2.24) is 14.7 Å². The largest absolute Gasteiger partial charge is 0.453 e. The minimum absolute atomic E-state index is 0.0359. The molecule has 1 aromatic carbocycles. The maximum Gasteiger partial charge on any atom is 0.409 e. The van der Waals surface area contributed by atoms with Crippen molar-refractivity contribution in [2.24, 2.45) is 0 Å². The maximum absolute atomic E-state index is 13.0. The second-order valence-corrected chi connectivity index (χ2v) is 7.90. The number of hydrogen-bond acceptors (Lipinski definition) is 4. The molecular weight excluding hydrogens is 388 g/mol. The van der Waals surface area contributed by atoms with Gasteiger partial charge in [-0.3, -0.25) is 4.79 Å². The predicted molar refractivity (Wildman–Crippen MR) is 105 cm³/mol. The van der Waals surface area contributed by atoms with Crippen molar-refractivity contribution in [2.45, 2.75) is 25.3 Å². The van der Waals surface area contributed by atoms with Crippen molar-refractivity contribution in [1.29, 1.82) is 0 Å². The first-order valence-electron chi connectivity index (χ1n) is 9.26. The number of halogens is 2. The molecule has 0 aliphatic carbocycles. The van der Waals surface area contributed by atoms with Gasteiger partial charge in [-0.15, -0.1) is 0 Å². The lowest BCUT2D eigenvalue weighted by atomic mass is 10.1. The highest BCUT2D eigenvalue weighted by Crippen LogP contribution is 2.24. The number of amides is 2. The molecule has 2 fully saturated rings. The van der Waals surface area contributed by atoms with Crippen LogP contribution in [0.25, 0.3) is 0 Å². The van der Waals surface area contributed by atoms with Gasteiger partial charge in [-0.1, -0.05) is 29.3 Å². The Balaban J connectivity index is 1.70. The fraction of sp³-hybridized carbons (Fsp3) is 0.579. The van der Waals surface area contributed by atoms with Crippen molar-refractivity contribution in [3.8, 4) is 0 Å². The van der Waals surface area contributed by atoms with Crippen LogP contribution in [0.2, 0.25) is 10.0 Å². The van der Waals surface area contributed by atoms with E-state index in [2.05, 4.69) is 4.90 Å². The van der Waals surface area contributed by atoms with Crippen molar-refractivity contribution >= 4 is 35.2 Å². The van der Waals surface area contributed by atoms with Gasteiger partial charge in [0.25, 0.3) is 0 Å². The molecule has 8 heteroatoms. The molecule has 2 saturated heterocycles. The molecule has 6 nitrogen and oxygen atoms in total. The van der Waals surface area contributed by atoms with Crippen LogP contribution in [-0.4, -0.2) is 79.1 Å². The number of piperazine rings is 1. The SMILES string of the molecule is [11CH3]OC(=O)N1CCN(C(=O)Cc2ccc(Cl)c(Cl)c2)[C@H](CN2CCCC2)C1. The van der Waals surface area contributed by atoms with Gasteiger partial charge in [-0.25, -0.2) is 4.79 Å². The van der Waals surface area contributed by atoms with E-state index in [1.54, 1.807) is 17.0 Å². The summed E-state index contributed by atoms with van der Waals surface area (Å²) in [6.45, 7) is 4.36. The smallest absolute Gasteiger partial charge is 0.409 e. The zero-order chi connectivity index (χ0) is 19.4. The van der Waals surface area contributed by atoms with E-state index in [4.69, 9.17) is 27.9 Å². The van der Waals surface area contributed by atoms with Crippen molar-refractivity contribution < 1.29 is 14.3 Å². The second-order valence-electron chi connectivity index (χ2n) is 7.09. The molecule has 27 heavy (non-hydrogen) atoms. The number of methoxy groups -OCH3 is 1. The van der Waals surface area contributed by atoms with Gasteiger partial charge in [-0.2, -0.15) is 0 Å². The third-order valence-corrected chi connectivity index (χ3v) is 5.98. The van der Waals surface area contributed by atoms with Gasteiger partial charge < -0.3 is 19.4 Å². The van der Waals surface area contributed by atoms with Gasteiger partial charge in [-0.05, 0) is 43.6 Å². The molecule has 0 N–H and O–H groups in total. The zero-order valence-corrected chi connectivity index (χ0v) is 17.0. The fourth-order valence-electron chi connectivity index (χ4n) is 3.82. The molecule has 2 aliphatic rings. The molecule has 0 aromatic heterocycles. The maximum atomic E-state index is 13.0. The first-order chi connectivity index (χ1) is 13.0. The number of hydrogen-bond donors (Lipinski definition) is 0. The quantitative estimate of drug-likeness (QED) is 0.762. The molecule has 148 valence electrons. The summed E-state index contributed by atoms with van der Waals surface area (Å²) >= 11 is 12.0. The topological polar surface area (TPSA) is 53.1 Å².